The molecule has 1 aromatic carbocycles. The molecule has 28 heavy (non-hydrogen) atoms. The first-order valence-corrected chi connectivity index (χ1v) is 8.14. The molecule has 0 saturated heterocycles. The lowest BCUT2D eigenvalue weighted by atomic mass is 10.1. The number of nitrogens with zero attached hydrogens (tertiary/aromatic N) is 5. The number of benzene rings is 1. The molecule has 0 amide bonds. The van der Waals surface area contributed by atoms with Gasteiger partial charge in [0.1, 0.15) is 5.56 Å². The molecule has 0 atom stereocenters. The molecule has 0 radical (unpaired) electrons. The number of ether oxygens (including phenoxy) is 1. The number of esters is 1. The second-order valence-corrected chi connectivity index (χ2v) is 6.06. The molecule has 0 bridgehead atoms. The zero-order chi connectivity index (χ0) is 20.0. The Labute approximate surface area is 156 Å². The van der Waals surface area contributed by atoms with Gasteiger partial charge >= 0.3 is 5.97 Å². The van der Waals surface area contributed by atoms with Crippen LogP contribution in [0.4, 0.5) is 5.69 Å². The van der Waals surface area contributed by atoms with Crippen LogP contribution in [0.5, 0.6) is 0 Å². The smallest absolute Gasteiger partial charge is 0.343 e. The molecule has 0 fully saturated rings. The Morgan fingerprint density at radius 3 is 2.71 bits per heavy atom. The summed E-state index contributed by atoms with van der Waals surface area (Å²) in [7, 11) is 1.26. The minimum atomic E-state index is -0.573. The molecule has 4 aromatic rings. The van der Waals surface area contributed by atoms with E-state index in [-0.39, 0.29) is 27.8 Å². The van der Waals surface area contributed by atoms with Crippen molar-refractivity contribution in [3.63, 3.8) is 0 Å². The molecule has 3 heterocycles. The lowest BCUT2D eigenvalue weighted by Crippen LogP contribution is -2.19. The molecular formula is C18H13N5O5. The van der Waals surface area contributed by atoms with E-state index in [0.717, 1.165) is 0 Å². The molecular weight excluding hydrogens is 366 g/mol. The van der Waals surface area contributed by atoms with Gasteiger partial charge in [-0.25, -0.2) is 14.3 Å². The summed E-state index contributed by atoms with van der Waals surface area (Å²) in [6.07, 6.45) is 4.26. The van der Waals surface area contributed by atoms with Crippen molar-refractivity contribution < 1.29 is 14.5 Å². The molecule has 0 spiro atoms. The van der Waals surface area contributed by atoms with Crippen LogP contribution in [0.15, 0.2) is 47.7 Å². The Morgan fingerprint density at radius 1 is 1.25 bits per heavy atom. The number of nitro benzene ring substituents is 1. The minimum Gasteiger partial charge on any atom is -0.465 e. The SMILES string of the molecule is COC(=O)c1cnn2c1ncc1c(=O)n(-c3ccc([N+](=O)[O-])cc3C)ccc12. The van der Waals surface area contributed by atoms with Crippen LogP contribution >= 0.6 is 0 Å². The largest absolute Gasteiger partial charge is 0.465 e. The van der Waals surface area contributed by atoms with Crippen molar-refractivity contribution in [1.29, 1.82) is 0 Å². The molecule has 0 unspecified atom stereocenters. The van der Waals surface area contributed by atoms with E-state index in [1.54, 1.807) is 19.2 Å². The zero-order valence-corrected chi connectivity index (χ0v) is 14.8. The third-order valence-corrected chi connectivity index (χ3v) is 4.45. The number of carbonyl (C=O) groups excluding carboxylic acids is 1. The summed E-state index contributed by atoms with van der Waals surface area (Å²) in [5.74, 6) is -0.573. The minimum absolute atomic E-state index is 0.0506. The summed E-state index contributed by atoms with van der Waals surface area (Å²) in [5.41, 5.74) is 1.64. The van der Waals surface area contributed by atoms with E-state index in [1.165, 1.54) is 46.8 Å². The fourth-order valence-electron chi connectivity index (χ4n) is 3.08. The topological polar surface area (TPSA) is 122 Å². The van der Waals surface area contributed by atoms with Crippen LogP contribution in [0.3, 0.4) is 0 Å². The average Bonchev–Trinajstić information content (AvgIpc) is 3.12. The highest BCUT2D eigenvalue weighted by molar-refractivity contribution is 5.96. The van der Waals surface area contributed by atoms with Gasteiger partial charge < -0.3 is 4.74 Å². The molecule has 140 valence electrons. The van der Waals surface area contributed by atoms with Gasteiger partial charge in [-0.1, -0.05) is 0 Å². The van der Waals surface area contributed by atoms with Gasteiger partial charge in [-0.15, -0.1) is 0 Å². The summed E-state index contributed by atoms with van der Waals surface area (Å²) < 4.78 is 7.50. The van der Waals surface area contributed by atoms with Crippen LogP contribution in [0, 0.1) is 17.0 Å². The van der Waals surface area contributed by atoms with E-state index in [9.17, 15) is 19.7 Å². The monoisotopic (exact) mass is 379 g/mol. The van der Waals surface area contributed by atoms with Gasteiger partial charge in [0.15, 0.2) is 5.65 Å². The number of non-ortho nitro benzene ring substituents is 1. The number of aryl methyl sites for hydroxylation is 1. The zero-order valence-electron chi connectivity index (χ0n) is 14.8. The fraction of sp³-hybridized carbons (Fsp3) is 0.111. The van der Waals surface area contributed by atoms with Crippen molar-refractivity contribution >= 4 is 28.2 Å². The Bertz CT molecular complexity index is 1340. The first-order chi connectivity index (χ1) is 13.4. The van der Waals surface area contributed by atoms with Gasteiger partial charge in [-0.2, -0.15) is 5.10 Å². The standard InChI is InChI=1S/C18H13N5O5/c1-10-7-11(23(26)27)3-4-14(10)21-6-5-15-12(17(21)24)8-19-16-13(18(25)28-2)9-20-22(15)16/h3-9H,1-2H3. The van der Waals surface area contributed by atoms with E-state index in [2.05, 4.69) is 10.1 Å². The Balaban J connectivity index is 1.93. The summed E-state index contributed by atoms with van der Waals surface area (Å²) >= 11 is 0. The van der Waals surface area contributed by atoms with Crippen LogP contribution in [0.2, 0.25) is 0 Å². The highest BCUT2D eigenvalue weighted by atomic mass is 16.6. The van der Waals surface area contributed by atoms with Crippen LogP contribution in [0.25, 0.3) is 22.2 Å². The first-order valence-electron chi connectivity index (χ1n) is 8.14. The van der Waals surface area contributed by atoms with Crippen LogP contribution in [-0.4, -0.2) is 37.2 Å². The molecule has 0 aliphatic carbocycles. The number of pyridine rings is 1. The van der Waals surface area contributed by atoms with E-state index < -0.39 is 10.9 Å². The molecule has 10 nitrogen and oxygen atoms in total. The highest BCUT2D eigenvalue weighted by Gasteiger charge is 2.18. The van der Waals surface area contributed by atoms with Crippen molar-refractivity contribution in [2.24, 2.45) is 0 Å². The van der Waals surface area contributed by atoms with Crippen molar-refractivity contribution in [1.82, 2.24) is 19.2 Å². The number of rotatable bonds is 3. The van der Waals surface area contributed by atoms with Crippen molar-refractivity contribution in [2.45, 2.75) is 6.92 Å². The number of hydrogen-bond acceptors (Lipinski definition) is 7. The predicted molar refractivity (Wildman–Crippen MR) is 98.8 cm³/mol. The number of aromatic nitrogens is 4. The summed E-state index contributed by atoms with van der Waals surface area (Å²) in [5, 5.41) is 15.3. The number of hydrogen-bond donors (Lipinski definition) is 0. The maximum atomic E-state index is 13.0. The lowest BCUT2D eigenvalue weighted by molar-refractivity contribution is -0.384. The molecule has 0 N–H and O–H groups in total. The van der Waals surface area contributed by atoms with E-state index in [1.807, 2.05) is 0 Å². The van der Waals surface area contributed by atoms with Gasteiger partial charge in [-0.3, -0.25) is 19.5 Å². The van der Waals surface area contributed by atoms with Crippen molar-refractivity contribution in [2.75, 3.05) is 7.11 Å². The van der Waals surface area contributed by atoms with Gasteiger partial charge in [-0.05, 0) is 24.6 Å². The van der Waals surface area contributed by atoms with Crippen molar-refractivity contribution in [3.05, 3.63) is 74.5 Å². The van der Waals surface area contributed by atoms with Gasteiger partial charge in [0.2, 0.25) is 0 Å². The van der Waals surface area contributed by atoms with E-state index in [0.29, 0.717) is 16.8 Å². The predicted octanol–water partition coefficient (Wildman–Crippen LogP) is 2.04. The number of methoxy groups -OCH3 is 1. The third kappa shape index (κ3) is 2.50. The molecule has 0 aliphatic rings. The van der Waals surface area contributed by atoms with E-state index >= 15 is 0 Å². The molecule has 3 aromatic heterocycles. The first kappa shape index (κ1) is 17.3. The quantitative estimate of drug-likeness (QED) is 0.303. The van der Waals surface area contributed by atoms with Crippen molar-refractivity contribution in [3.8, 4) is 5.69 Å². The Hall–Kier alpha value is -4.08. The van der Waals surface area contributed by atoms with Crippen LogP contribution < -0.4 is 5.56 Å². The van der Waals surface area contributed by atoms with Crippen LogP contribution in [-0.2, 0) is 4.74 Å². The highest BCUT2D eigenvalue weighted by Crippen LogP contribution is 2.21. The second kappa shape index (κ2) is 6.27. The third-order valence-electron chi connectivity index (χ3n) is 4.45. The normalized spacial score (nSPS) is 11.1. The average molecular weight is 379 g/mol. The number of nitro groups is 1. The van der Waals surface area contributed by atoms with Crippen LogP contribution in [0.1, 0.15) is 15.9 Å². The summed E-state index contributed by atoms with van der Waals surface area (Å²) in [6, 6.07) is 5.94. The number of carbonyl (C=O) groups is 1. The number of fused-ring (bicyclic) bond motifs is 3. The second-order valence-electron chi connectivity index (χ2n) is 6.06. The summed E-state index contributed by atoms with van der Waals surface area (Å²) in [4.78, 5) is 39.4. The maximum Gasteiger partial charge on any atom is 0.343 e. The van der Waals surface area contributed by atoms with Gasteiger partial charge in [0, 0.05) is 24.5 Å². The molecule has 4 rings (SSSR count). The fourth-order valence-corrected chi connectivity index (χ4v) is 3.08. The lowest BCUT2D eigenvalue weighted by Gasteiger charge is -2.10. The molecule has 0 saturated carbocycles. The Kier molecular flexibility index (Phi) is 3.88. The maximum absolute atomic E-state index is 13.0. The summed E-state index contributed by atoms with van der Waals surface area (Å²) in [6.45, 7) is 1.69. The Morgan fingerprint density at radius 2 is 2.04 bits per heavy atom. The molecule has 10 heteroatoms. The van der Waals surface area contributed by atoms with Gasteiger partial charge in [0.05, 0.1) is 34.8 Å². The molecule has 0 aliphatic heterocycles. The van der Waals surface area contributed by atoms with E-state index in [4.69, 9.17) is 4.74 Å². The van der Waals surface area contributed by atoms with Gasteiger partial charge in [0.25, 0.3) is 11.2 Å².